The van der Waals surface area contributed by atoms with Crippen molar-refractivity contribution in [3.05, 3.63) is 34.6 Å². The Morgan fingerprint density at radius 3 is 2.87 bits per heavy atom. The summed E-state index contributed by atoms with van der Waals surface area (Å²) in [5, 5.41) is 3.10. The van der Waals surface area contributed by atoms with Gasteiger partial charge in [-0.25, -0.2) is 4.39 Å². The van der Waals surface area contributed by atoms with Crippen LogP contribution in [0, 0.1) is 5.82 Å². The molecule has 0 spiro atoms. The molecule has 0 atom stereocenters. The smallest absolute Gasteiger partial charge is 0.176 e. The fraction of sp³-hybridized carbons (Fsp3) is 0.364. The average Bonchev–Trinajstić information content (AvgIpc) is 3.02. The Bertz CT molecular complexity index is 390. The van der Waals surface area contributed by atoms with Gasteiger partial charge in [-0.1, -0.05) is 11.6 Å². The summed E-state index contributed by atoms with van der Waals surface area (Å²) in [6, 6.07) is 4.53. The van der Waals surface area contributed by atoms with Gasteiger partial charge in [-0.05, 0) is 31.0 Å². The van der Waals surface area contributed by atoms with E-state index < -0.39 is 5.82 Å². The van der Waals surface area contributed by atoms with Gasteiger partial charge >= 0.3 is 0 Å². The molecule has 1 fully saturated rings. The molecule has 0 unspecified atom stereocenters. The summed E-state index contributed by atoms with van der Waals surface area (Å²) in [5.74, 6) is -0.549. The molecular weight excluding hydrogens is 217 g/mol. The lowest BCUT2D eigenvalue weighted by molar-refractivity contribution is 0.0990. The second-order valence-electron chi connectivity index (χ2n) is 3.71. The normalized spacial score (nSPS) is 15.3. The fourth-order valence-electron chi connectivity index (χ4n) is 1.30. The summed E-state index contributed by atoms with van der Waals surface area (Å²) in [5.41, 5.74) is 0.453. The molecule has 0 bridgehead atoms. The van der Waals surface area contributed by atoms with E-state index in [1.54, 1.807) is 0 Å². The van der Waals surface area contributed by atoms with Crippen molar-refractivity contribution in [1.29, 1.82) is 0 Å². The van der Waals surface area contributed by atoms with E-state index >= 15 is 0 Å². The maximum Gasteiger partial charge on any atom is 0.176 e. The van der Waals surface area contributed by atoms with Gasteiger partial charge in [0.1, 0.15) is 5.82 Å². The fourth-order valence-corrected chi connectivity index (χ4v) is 1.48. The molecule has 1 aromatic rings. The van der Waals surface area contributed by atoms with Crippen LogP contribution in [-0.4, -0.2) is 18.4 Å². The van der Waals surface area contributed by atoms with Crippen LogP contribution < -0.4 is 5.32 Å². The van der Waals surface area contributed by atoms with Crippen LogP contribution in [0.3, 0.4) is 0 Å². The summed E-state index contributed by atoms with van der Waals surface area (Å²) >= 11 is 5.59. The van der Waals surface area contributed by atoms with E-state index in [2.05, 4.69) is 5.32 Å². The zero-order valence-corrected chi connectivity index (χ0v) is 8.85. The molecule has 1 N–H and O–H groups in total. The lowest BCUT2D eigenvalue weighted by Crippen LogP contribution is -2.24. The van der Waals surface area contributed by atoms with E-state index in [0.717, 1.165) is 12.8 Å². The number of hydrogen-bond donors (Lipinski definition) is 1. The molecule has 1 aromatic carbocycles. The Kier molecular flexibility index (Phi) is 3.03. The predicted molar refractivity (Wildman–Crippen MR) is 56.8 cm³/mol. The highest BCUT2D eigenvalue weighted by atomic mass is 35.5. The second kappa shape index (κ2) is 4.29. The van der Waals surface area contributed by atoms with E-state index in [1.807, 2.05) is 0 Å². The Morgan fingerprint density at radius 1 is 1.53 bits per heavy atom. The molecule has 0 amide bonds. The number of ketones is 1. The minimum absolute atomic E-state index is 0.00716. The molecule has 1 aliphatic rings. The van der Waals surface area contributed by atoms with Crippen LogP contribution in [0.1, 0.15) is 23.2 Å². The molecule has 4 heteroatoms. The maximum atomic E-state index is 12.8. The van der Waals surface area contributed by atoms with Crippen molar-refractivity contribution in [3.63, 3.8) is 0 Å². The molecule has 0 heterocycles. The topological polar surface area (TPSA) is 29.1 Å². The third-order valence-corrected chi connectivity index (χ3v) is 2.66. The van der Waals surface area contributed by atoms with Gasteiger partial charge < -0.3 is 5.32 Å². The number of Topliss-reactive ketones (excluding diaryl/α,β-unsaturated/α-hetero) is 1. The zero-order chi connectivity index (χ0) is 10.8. The van der Waals surface area contributed by atoms with Crippen molar-refractivity contribution in [2.24, 2.45) is 0 Å². The number of rotatable bonds is 4. The summed E-state index contributed by atoms with van der Waals surface area (Å²) in [6.45, 7) is 0.298. The molecular formula is C11H11ClFNO. The monoisotopic (exact) mass is 227 g/mol. The molecule has 80 valence electrons. The molecule has 2 nitrogen and oxygen atoms in total. The number of benzene rings is 1. The van der Waals surface area contributed by atoms with Gasteiger partial charge in [-0.15, -0.1) is 0 Å². The first-order valence-electron chi connectivity index (χ1n) is 4.88. The van der Waals surface area contributed by atoms with Crippen molar-refractivity contribution in [1.82, 2.24) is 5.32 Å². The second-order valence-corrected chi connectivity index (χ2v) is 4.11. The molecule has 0 saturated heterocycles. The van der Waals surface area contributed by atoms with Crippen molar-refractivity contribution in [2.45, 2.75) is 18.9 Å². The lowest BCUT2D eigenvalue weighted by Gasteiger charge is -2.03. The number of halogens is 2. The van der Waals surface area contributed by atoms with E-state index in [4.69, 9.17) is 11.6 Å². The third-order valence-electron chi connectivity index (χ3n) is 2.37. The predicted octanol–water partition coefficient (Wildman–Crippen LogP) is 2.41. The molecule has 0 radical (unpaired) electrons. The Labute approximate surface area is 92.4 Å². The van der Waals surface area contributed by atoms with Crippen molar-refractivity contribution in [2.75, 3.05) is 6.54 Å². The number of carbonyl (C=O) groups is 1. The van der Waals surface area contributed by atoms with Gasteiger partial charge in [0.25, 0.3) is 0 Å². The van der Waals surface area contributed by atoms with E-state index in [-0.39, 0.29) is 10.8 Å². The molecule has 0 aromatic heterocycles. The molecule has 1 saturated carbocycles. The molecule has 15 heavy (non-hydrogen) atoms. The summed E-state index contributed by atoms with van der Waals surface area (Å²) < 4.78 is 12.8. The van der Waals surface area contributed by atoms with Gasteiger partial charge in [0.15, 0.2) is 5.78 Å². The van der Waals surface area contributed by atoms with Crippen LogP contribution in [0.2, 0.25) is 5.02 Å². The van der Waals surface area contributed by atoms with Crippen LogP contribution in [0.5, 0.6) is 0 Å². The Hall–Kier alpha value is -0.930. The van der Waals surface area contributed by atoms with E-state index in [9.17, 15) is 9.18 Å². The first kappa shape index (κ1) is 10.6. The lowest BCUT2D eigenvalue weighted by atomic mass is 10.1. The van der Waals surface area contributed by atoms with Gasteiger partial charge in [0.2, 0.25) is 0 Å². The largest absolute Gasteiger partial charge is 0.307 e. The SMILES string of the molecule is O=C(CNC1CC1)c1ccc(F)c(Cl)c1. The quantitative estimate of drug-likeness (QED) is 0.801. The van der Waals surface area contributed by atoms with Crippen LogP contribution in [0.4, 0.5) is 4.39 Å². The van der Waals surface area contributed by atoms with E-state index in [0.29, 0.717) is 18.2 Å². The summed E-state index contributed by atoms with van der Waals surface area (Å²) in [4.78, 5) is 11.6. The first-order valence-corrected chi connectivity index (χ1v) is 5.26. The zero-order valence-electron chi connectivity index (χ0n) is 8.09. The molecule has 0 aliphatic heterocycles. The highest BCUT2D eigenvalue weighted by molar-refractivity contribution is 6.31. The minimum Gasteiger partial charge on any atom is -0.307 e. The number of nitrogens with one attached hydrogen (secondary N) is 1. The van der Waals surface area contributed by atoms with Crippen LogP contribution >= 0.6 is 11.6 Å². The van der Waals surface area contributed by atoms with Crippen molar-refractivity contribution >= 4 is 17.4 Å². The molecule has 1 aliphatic carbocycles. The Morgan fingerprint density at radius 2 is 2.27 bits per heavy atom. The Balaban J connectivity index is 2.00. The third kappa shape index (κ3) is 2.76. The summed E-state index contributed by atoms with van der Waals surface area (Å²) in [6.07, 6.45) is 2.27. The van der Waals surface area contributed by atoms with Crippen LogP contribution in [0.15, 0.2) is 18.2 Å². The maximum absolute atomic E-state index is 12.8. The van der Waals surface area contributed by atoms with Crippen LogP contribution in [-0.2, 0) is 0 Å². The molecule has 2 rings (SSSR count). The summed E-state index contributed by atoms with van der Waals surface area (Å²) in [7, 11) is 0. The van der Waals surface area contributed by atoms with Crippen molar-refractivity contribution in [3.8, 4) is 0 Å². The van der Waals surface area contributed by atoms with Gasteiger partial charge in [-0.2, -0.15) is 0 Å². The standard InChI is InChI=1S/C11H11ClFNO/c12-9-5-7(1-4-10(9)13)11(15)6-14-8-2-3-8/h1,4-5,8,14H,2-3,6H2. The average molecular weight is 228 g/mol. The number of carbonyl (C=O) groups excluding carboxylic acids is 1. The minimum atomic E-state index is -0.497. The highest BCUT2D eigenvalue weighted by Crippen LogP contribution is 2.19. The first-order chi connectivity index (χ1) is 7.16. The van der Waals surface area contributed by atoms with Crippen molar-refractivity contribution < 1.29 is 9.18 Å². The van der Waals surface area contributed by atoms with Gasteiger partial charge in [0, 0.05) is 11.6 Å². The van der Waals surface area contributed by atoms with E-state index in [1.165, 1.54) is 18.2 Å². The van der Waals surface area contributed by atoms with Gasteiger partial charge in [0.05, 0.1) is 11.6 Å². The van der Waals surface area contributed by atoms with Gasteiger partial charge in [-0.3, -0.25) is 4.79 Å². The highest BCUT2D eigenvalue weighted by Gasteiger charge is 2.21. The van der Waals surface area contributed by atoms with Crippen LogP contribution in [0.25, 0.3) is 0 Å². The number of hydrogen-bond acceptors (Lipinski definition) is 2.